The molecule has 0 aromatic rings. The first-order valence-electron chi connectivity index (χ1n) is 9.21. The molecule has 2 rings (SSSR count). The van der Waals surface area contributed by atoms with Crippen LogP contribution in [0, 0.1) is 11.8 Å². The van der Waals surface area contributed by atoms with E-state index in [0.717, 1.165) is 25.0 Å². The number of hydrogen-bond donors (Lipinski definition) is 2. The number of nitrogens with zero attached hydrogens (tertiary/aromatic N) is 1. The zero-order chi connectivity index (χ0) is 15.3. The zero-order valence-electron chi connectivity index (χ0n) is 14.4. The van der Waals surface area contributed by atoms with Gasteiger partial charge in [0.25, 0.3) is 0 Å². The molecule has 1 atom stereocenters. The van der Waals surface area contributed by atoms with E-state index in [0.29, 0.717) is 5.92 Å². The summed E-state index contributed by atoms with van der Waals surface area (Å²) in [6.45, 7) is 10.3. The van der Waals surface area contributed by atoms with Crippen molar-refractivity contribution in [3.05, 3.63) is 0 Å². The molecule has 3 nitrogen and oxygen atoms in total. The van der Waals surface area contributed by atoms with Crippen molar-refractivity contribution in [2.24, 2.45) is 11.8 Å². The van der Waals surface area contributed by atoms with Crippen LogP contribution in [0.1, 0.15) is 65.7 Å². The van der Waals surface area contributed by atoms with Crippen LogP contribution in [0.25, 0.3) is 0 Å². The zero-order valence-corrected chi connectivity index (χ0v) is 14.4. The Morgan fingerprint density at radius 3 is 2.33 bits per heavy atom. The van der Waals surface area contributed by atoms with Gasteiger partial charge in [-0.15, -0.1) is 0 Å². The Hall–Kier alpha value is -0.120. The summed E-state index contributed by atoms with van der Waals surface area (Å²) >= 11 is 0. The lowest BCUT2D eigenvalue weighted by Gasteiger charge is -2.41. The van der Waals surface area contributed by atoms with Crippen LogP contribution in [0.3, 0.4) is 0 Å². The quantitative estimate of drug-likeness (QED) is 0.650. The number of rotatable bonds is 10. The first-order chi connectivity index (χ1) is 10.1. The molecule has 2 fully saturated rings. The molecule has 0 bridgehead atoms. The monoisotopic (exact) mass is 296 g/mol. The van der Waals surface area contributed by atoms with Crippen LogP contribution in [0.15, 0.2) is 0 Å². The Morgan fingerprint density at radius 1 is 1.19 bits per heavy atom. The van der Waals surface area contributed by atoms with E-state index in [4.69, 9.17) is 0 Å². The highest BCUT2D eigenvalue weighted by atomic mass is 16.3. The second kappa shape index (κ2) is 7.94. The van der Waals surface area contributed by atoms with Crippen molar-refractivity contribution in [3.8, 4) is 0 Å². The van der Waals surface area contributed by atoms with Gasteiger partial charge >= 0.3 is 0 Å². The molecule has 2 saturated carbocycles. The molecule has 0 spiro atoms. The summed E-state index contributed by atoms with van der Waals surface area (Å²) in [5.74, 6) is 1.45. The Bertz CT molecular complexity index is 298. The molecule has 0 radical (unpaired) electrons. The van der Waals surface area contributed by atoms with Crippen LogP contribution in [-0.4, -0.2) is 47.8 Å². The third-order valence-electron chi connectivity index (χ3n) is 5.49. The van der Waals surface area contributed by atoms with Gasteiger partial charge in [-0.05, 0) is 57.0 Å². The van der Waals surface area contributed by atoms with Gasteiger partial charge in [-0.1, -0.05) is 33.6 Å². The molecule has 2 N–H and O–H groups in total. The van der Waals surface area contributed by atoms with Crippen molar-refractivity contribution in [1.29, 1.82) is 0 Å². The van der Waals surface area contributed by atoms with Crippen molar-refractivity contribution in [3.63, 3.8) is 0 Å². The normalized spacial score (nSPS) is 23.1. The van der Waals surface area contributed by atoms with Crippen LogP contribution in [0.2, 0.25) is 0 Å². The number of nitrogens with one attached hydrogen (secondary N) is 1. The van der Waals surface area contributed by atoms with Crippen LogP contribution >= 0.6 is 0 Å². The smallest absolute Gasteiger partial charge is 0.0628 e. The fourth-order valence-corrected chi connectivity index (χ4v) is 4.00. The van der Waals surface area contributed by atoms with Crippen LogP contribution in [0.5, 0.6) is 0 Å². The van der Waals surface area contributed by atoms with Gasteiger partial charge in [-0.3, -0.25) is 4.90 Å². The van der Waals surface area contributed by atoms with Crippen molar-refractivity contribution in [2.45, 2.75) is 77.3 Å². The molecule has 124 valence electrons. The first kappa shape index (κ1) is 17.2. The van der Waals surface area contributed by atoms with Crippen molar-refractivity contribution in [1.82, 2.24) is 10.2 Å². The maximum absolute atomic E-state index is 10.1. The van der Waals surface area contributed by atoms with Crippen LogP contribution in [0.4, 0.5) is 0 Å². The molecule has 2 aliphatic rings. The lowest BCUT2D eigenvalue weighted by atomic mass is 9.92. The molecular formula is C18H36N2O. The molecule has 2 aliphatic carbocycles. The first-order valence-corrected chi connectivity index (χ1v) is 9.21. The Morgan fingerprint density at radius 2 is 1.86 bits per heavy atom. The standard InChI is InChI=1S/C18H36N2O/c1-4-19-18(14-21,16-9-10-16)13-20(12-11-15(2)3)17-7-5-6-8-17/h15-17,19,21H,4-14H2,1-3H3. The summed E-state index contributed by atoms with van der Waals surface area (Å²) in [6.07, 6.45) is 9.34. The van der Waals surface area contributed by atoms with Crippen molar-refractivity contribution >= 4 is 0 Å². The van der Waals surface area contributed by atoms with E-state index < -0.39 is 0 Å². The third kappa shape index (κ3) is 4.67. The third-order valence-corrected chi connectivity index (χ3v) is 5.49. The molecule has 0 heterocycles. The average Bonchev–Trinajstić information content (AvgIpc) is 3.18. The lowest BCUT2D eigenvalue weighted by Crippen LogP contribution is -2.59. The van der Waals surface area contributed by atoms with Gasteiger partial charge in [0.15, 0.2) is 0 Å². The molecule has 0 aromatic carbocycles. The fourth-order valence-electron chi connectivity index (χ4n) is 4.00. The predicted octanol–water partition coefficient (Wildman–Crippen LogP) is 3.03. The molecule has 21 heavy (non-hydrogen) atoms. The second-order valence-electron chi connectivity index (χ2n) is 7.71. The van der Waals surface area contributed by atoms with Gasteiger partial charge in [0.2, 0.25) is 0 Å². The highest BCUT2D eigenvalue weighted by molar-refractivity contribution is 5.03. The summed E-state index contributed by atoms with van der Waals surface area (Å²) in [4.78, 5) is 2.71. The van der Waals surface area contributed by atoms with E-state index in [1.165, 1.54) is 51.5 Å². The minimum absolute atomic E-state index is 0.0473. The van der Waals surface area contributed by atoms with E-state index >= 15 is 0 Å². The summed E-state index contributed by atoms with van der Waals surface area (Å²) in [5.41, 5.74) is -0.0473. The number of likely N-dealkylation sites (N-methyl/N-ethyl adjacent to an activating group) is 1. The molecule has 3 heteroatoms. The van der Waals surface area contributed by atoms with E-state index in [9.17, 15) is 5.11 Å². The molecule has 0 saturated heterocycles. The van der Waals surface area contributed by atoms with Gasteiger partial charge in [0, 0.05) is 12.6 Å². The van der Waals surface area contributed by atoms with Gasteiger partial charge in [0.05, 0.1) is 12.1 Å². The van der Waals surface area contributed by atoms with Crippen LogP contribution in [-0.2, 0) is 0 Å². The van der Waals surface area contributed by atoms with E-state index in [2.05, 4.69) is 31.0 Å². The Labute approximate surface area is 131 Å². The SMILES string of the molecule is CCNC(CO)(CN(CCC(C)C)C1CCCC1)C1CC1. The lowest BCUT2D eigenvalue weighted by molar-refractivity contribution is 0.0689. The van der Waals surface area contributed by atoms with E-state index in [1.807, 2.05) is 0 Å². The van der Waals surface area contributed by atoms with Gasteiger partial charge < -0.3 is 10.4 Å². The largest absolute Gasteiger partial charge is 0.394 e. The Kier molecular flexibility index (Phi) is 6.51. The summed E-state index contributed by atoms with van der Waals surface area (Å²) in [5, 5.41) is 13.8. The summed E-state index contributed by atoms with van der Waals surface area (Å²) < 4.78 is 0. The molecular weight excluding hydrogens is 260 g/mol. The maximum Gasteiger partial charge on any atom is 0.0628 e. The maximum atomic E-state index is 10.1. The topological polar surface area (TPSA) is 35.5 Å². The Balaban J connectivity index is 2.03. The second-order valence-corrected chi connectivity index (χ2v) is 7.71. The van der Waals surface area contributed by atoms with Crippen LogP contribution < -0.4 is 5.32 Å². The highest BCUT2D eigenvalue weighted by Crippen LogP contribution is 2.41. The van der Waals surface area contributed by atoms with Crippen molar-refractivity contribution < 1.29 is 5.11 Å². The molecule has 1 unspecified atom stereocenters. The van der Waals surface area contributed by atoms with E-state index in [-0.39, 0.29) is 12.1 Å². The van der Waals surface area contributed by atoms with Gasteiger partial charge in [-0.25, -0.2) is 0 Å². The van der Waals surface area contributed by atoms with E-state index in [1.54, 1.807) is 0 Å². The minimum atomic E-state index is -0.0473. The molecule has 0 aromatic heterocycles. The fraction of sp³-hybridized carbons (Fsp3) is 1.00. The predicted molar refractivity (Wildman–Crippen MR) is 89.5 cm³/mol. The summed E-state index contributed by atoms with van der Waals surface area (Å²) in [7, 11) is 0. The minimum Gasteiger partial charge on any atom is -0.394 e. The average molecular weight is 296 g/mol. The number of hydrogen-bond acceptors (Lipinski definition) is 3. The van der Waals surface area contributed by atoms with Gasteiger partial charge in [-0.2, -0.15) is 0 Å². The number of aliphatic hydroxyl groups is 1. The molecule has 0 amide bonds. The molecule has 0 aliphatic heterocycles. The summed E-state index contributed by atoms with van der Waals surface area (Å²) in [6, 6.07) is 0.757. The highest BCUT2D eigenvalue weighted by Gasteiger charge is 2.46. The van der Waals surface area contributed by atoms with Crippen molar-refractivity contribution in [2.75, 3.05) is 26.2 Å². The van der Waals surface area contributed by atoms with Gasteiger partial charge in [0.1, 0.15) is 0 Å². The number of aliphatic hydroxyl groups excluding tert-OH is 1.